The molecular formula is C23H21BrN4O4. The Balaban J connectivity index is 1.70. The van der Waals surface area contributed by atoms with Gasteiger partial charge in [-0.25, -0.2) is 9.78 Å². The fraction of sp³-hybridized carbons (Fsp3) is 0.261. The number of aliphatic imine (C=N–C) groups is 1. The molecule has 1 aliphatic heterocycles. The van der Waals surface area contributed by atoms with Crippen LogP contribution in [0.15, 0.2) is 58.3 Å². The first-order valence-corrected chi connectivity index (χ1v) is 10.9. The first-order chi connectivity index (χ1) is 15.4. The predicted octanol–water partition coefficient (Wildman–Crippen LogP) is 3.73. The number of benzene rings is 1. The standard InChI is InChI=1S/C23H21BrN4O4/c1-14-12-26-23-19(8-10-31-21(30)13-32-15(2)29)27-22(18-5-3-4-9-25-18)17-11-16(24)6-7-20(17)28(14)23/h3-7,9,11-12,19H,8,10,13H2,1-2H3/t19-/m0/s1. The van der Waals surface area contributed by atoms with E-state index in [0.29, 0.717) is 6.42 Å². The molecule has 1 aromatic carbocycles. The Morgan fingerprint density at radius 2 is 2.00 bits per heavy atom. The summed E-state index contributed by atoms with van der Waals surface area (Å²) in [6, 6.07) is 11.4. The quantitative estimate of drug-likeness (QED) is 0.482. The van der Waals surface area contributed by atoms with Gasteiger partial charge in [0.25, 0.3) is 0 Å². The first-order valence-electron chi connectivity index (χ1n) is 10.1. The molecule has 3 heterocycles. The van der Waals surface area contributed by atoms with Crippen molar-refractivity contribution < 1.29 is 19.1 Å². The molecule has 8 nitrogen and oxygen atoms in total. The molecule has 0 fully saturated rings. The number of fused-ring (bicyclic) bond motifs is 3. The predicted molar refractivity (Wildman–Crippen MR) is 121 cm³/mol. The highest BCUT2D eigenvalue weighted by Gasteiger charge is 2.28. The third-order valence-electron chi connectivity index (χ3n) is 4.96. The Bertz CT molecular complexity index is 1190. The molecular weight excluding hydrogens is 476 g/mol. The number of hydrogen-bond acceptors (Lipinski definition) is 7. The molecule has 32 heavy (non-hydrogen) atoms. The summed E-state index contributed by atoms with van der Waals surface area (Å²) >= 11 is 3.57. The number of pyridine rings is 1. The minimum atomic E-state index is -0.602. The Morgan fingerprint density at radius 3 is 2.75 bits per heavy atom. The van der Waals surface area contributed by atoms with Crippen molar-refractivity contribution >= 4 is 33.6 Å². The SMILES string of the molecule is CC(=O)OCC(=O)OCC[C@@H]1N=C(c2ccccn2)c2cc(Br)ccc2-n2c(C)cnc21. The average molecular weight is 497 g/mol. The average Bonchev–Trinajstić information content (AvgIpc) is 3.10. The normalized spacial score (nSPS) is 14.6. The third-order valence-corrected chi connectivity index (χ3v) is 5.45. The van der Waals surface area contributed by atoms with E-state index in [2.05, 4.69) is 35.2 Å². The Morgan fingerprint density at radius 1 is 1.16 bits per heavy atom. The van der Waals surface area contributed by atoms with Gasteiger partial charge in [0.05, 0.1) is 23.7 Å². The zero-order valence-corrected chi connectivity index (χ0v) is 19.2. The van der Waals surface area contributed by atoms with Crippen LogP contribution < -0.4 is 0 Å². The molecule has 9 heteroatoms. The second kappa shape index (κ2) is 9.44. The van der Waals surface area contributed by atoms with E-state index in [-0.39, 0.29) is 12.6 Å². The van der Waals surface area contributed by atoms with Gasteiger partial charge < -0.3 is 9.47 Å². The van der Waals surface area contributed by atoms with Gasteiger partial charge >= 0.3 is 11.9 Å². The summed E-state index contributed by atoms with van der Waals surface area (Å²) in [5, 5.41) is 0. The van der Waals surface area contributed by atoms with Crippen molar-refractivity contribution in [3.8, 4) is 5.69 Å². The number of halogens is 1. The van der Waals surface area contributed by atoms with Crippen molar-refractivity contribution in [2.45, 2.75) is 26.3 Å². The number of imidazole rings is 1. The van der Waals surface area contributed by atoms with Crippen LogP contribution in [-0.4, -0.2) is 45.4 Å². The maximum atomic E-state index is 11.8. The molecule has 0 spiro atoms. The van der Waals surface area contributed by atoms with Gasteiger partial charge in [-0.05, 0) is 37.3 Å². The van der Waals surface area contributed by atoms with Gasteiger partial charge in [0.1, 0.15) is 11.9 Å². The zero-order chi connectivity index (χ0) is 22.7. The van der Waals surface area contributed by atoms with Crippen LogP contribution in [0, 0.1) is 6.92 Å². The number of rotatable bonds is 6. The lowest BCUT2D eigenvalue weighted by Crippen LogP contribution is -2.17. The maximum Gasteiger partial charge on any atom is 0.344 e. The summed E-state index contributed by atoms with van der Waals surface area (Å²) < 4.78 is 12.9. The molecule has 2 aromatic heterocycles. The van der Waals surface area contributed by atoms with Crippen LogP contribution >= 0.6 is 15.9 Å². The van der Waals surface area contributed by atoms with E-state index >= 15 is 0 Å². The van der Waals surface area contributed by atoms with Crippen molar-refractivity contribution in [1.29, 1.82) is 0 Å². The van der Waals surface area contributed by atoms with E-state index < -0.39 is 18.5 Å². The van der Waals surface area contributed by atoms with Gasteiger partial charge in [-0.15, -0.1) is 0 Å². The molecule has 1 aliphatic rings. The van der Waals surface area contributed by atoms with Crippen molar-refractivity contribution in [2.24, 2.45) is 4.99 Å². The second-order valence-electron chi connectivity index (χ2n) is 7.25. The summed E-state index contributed by atoms with van der Waals surface area (Å²) in [5.41, 5.74) is 4.33. The van der Waals surface area contributed by atoms with E-state index in [4.69, 9.17) is 9.73 Å². The van der Waals surface area contributed by atoms with Crippen LogP contribution in [0.3, 0.4) is 0 Å². The van der Waals surface area contributed by atoms with E-state index in [1.807, 2.05) is 49.5 Å². The monoisotopic (exact) mass is 496 g/mol. The molecule has 0 N–H and O–H groups in total. The van der Waals surface area contributed by atoms with E-state index in [9.17, 15) is 9.59 Å². The van der Waals surface area contributed by atoms with Gasteiger partial charge in [0.2, 0.25) is 0 Å². The van der Waals surface area contributed by atoms with Crippen LogP contribution in [0.2, 0.25) is 0 Å². The van der Waals surface area contributed by atoms with Crippen LogP contribution in [0.5, 0.6) is 0 Å². The van der Waals surface area contributed by atoms with Crippen molar-refractivity contribution in [3.05, 3.63) is 76.0 Å². The van der Waals surface area contributed by atoms with Crippen LogP contribution in [-0.2, 0) is 19.1 Å². The maximum absolute atomic E-state index is 11.8. The van der Waals surface area contributed by atoms with Crippen LogP contribution in [0.1, 0.15) is 42.2 Å². The van der Waals surface area contributed by atoms with Crippen molar-refractivity contribution in [3.63, 3.8) is 0 Å². The Kier molecular flexibility index (Phi) is 6.45. The summed E-state index contributed by atoms with van der Waals surface area (Å²) in [7, 11) is 0. The number of nitrogens with zero attached hydrogens (tertiary/aromatic N) is 4. The van der Waals surface area contributed by atoms with Gasteiger partial charge in [-0.1, -0.05) is 22.0 Å². The molecule has 0 unspecified atom stereocenters. The minimum Gasteiger partial charge on any atom is -0.463 e. The minimum absolute atomic E-state index is 0.107. The van der Waals surface area contributed by atoms with Gasteiger partial charge in [-0.2, -0.15) is 0 Å². The highest BCUT2D eigenvalue weighted by Crippen LogP contribution is 2.34. The summed E-state index contributed by atoms with van der Waals surface area (Å²) in [5.74, 6) is -0.376. The molecule has 0 radical (unpaired) electrons. The highest BCUT2D eigenvalue weighted by atomic mass is 79.9. The lowest BCUT2D eigenvalue weighted by molar-refractivity contribution is -0.157. The molecule has 3 aromatic rings. The zero-order valence-electron chi connectivity index (χ0n) is 17.6. The number of ether oxygens (including phenoxy) is 2. The van der Waals surface area contributed by atoms with E-state index in [1.54, 1.807) is 6.20 Å². The van der Waals surface area contributed by atoms with E-state index in [0.717, 1.165) is 38.6 Å². The smallest absolute Gasteiger partial charge is 0.344 e. The Labute approximate surface area is 193 Å². The lowest BCUT2D eigenvalue weighted by atomic mass is 10.0. The third kappa shape index (κ3) is 4.62. The fourth-order valence-electron chi connectivity index (χ4n) is 3.57. The number of aromatic nitrogens is 3. The number of carbonyl (C=O) groups is 2. The fourth-order valence-corrected chi connectivity index (χ4v) is 3.93. The van der Waals surface area contributed by atoms with Gasteiger partial charge in [0, 0.05) is 41.5 Å². The first kappa shape index (κ1) is 21.9. The van der Waals surface area contributed by atoms with Crippen molar-refractivity contribution in [2.75, 3.05) is 13.2 Å². The molecule has 0 saturated heterocycles. The topological polar surface area (TPSA) is 95.7 Å². The molecule has 164 valence electrons. The summed E-state index contributed by atoms with van der Waals surface area (Å²) in [4.78, 5) is 36.9. The summed E-state index contributed by atoms with van der Waals surface area (Å²) in [6.07, 6.45) is 3.95. The second-order valence-corrected chi connectivity index (χ2v) is 8.17. The number of carbonyl (C=O) groups excluding carboxylic acids is 2. The molecule has 4 rings (SSSR count). The van der Waals surface area contributed by atoms with Crippen molar-refractivity contribution in [1.82, 2.24) is 14.5 Å². The van der Waals surface area contributed by atoms with Crippen LogP contribution in [0.25, 0.3) is 5.69 Å². The summed E-state index contributed by atoms with van der Waals surface area (Å²) in [6.45, 7) is 2.93. The molecule has 0 aliphatic carbocycles. The molecule has 0 amide bonds. The lowest BCUT2D eigenvalue weighted by Gasteiger charge is -2.14. The van der Waals surface area contributed by atoms with Crippen LogP contribution in [0.4, 0.5) is 0 Å². The number of hydrogen-bond donors (Lipinski definition) is 0. The van der Waals surface area contributed by atoms with Gasteiger partial charge in [0.15, 0.2) is 6.61 Å². The number of esters is 2. The van der Waals surface area contributed by atoms with E-state index in [1.165, 1.54) is 6.92 Å². The molecule has 1 atom stereocenters. The molecule has 0 bridgehead atoms. The largest absolute Gasteiger partial charge is 0.463 e. The highest BCUT2D eigenvalue weighted by molar-refractivity contribution is 9.10. The van der Waals surface area contributed by atoms with Gasteiger partial charge in [-0.3, -0.25) is 19.3 Å². The molecule has 0 saturated carbocycles. The number of aryl methyl sites for hydroxylation is 1. The Hall–Kier alpha value is -3.33.